The van der Waals surface area contributed by atoms with Crippen LogP contribution in [0.25, 0.3) is 71.7 Å². The molecule has 5 heteroatoms. The van der Waals surface area contributed by atoms with E-state index in [9.17, 15) is 0 Å². The molecule has 0 fully saturated rings. The number of hydrogen-bond donors (Lipinski definition) is 1. The third-order valence-corrected chi connectivity index (χ3v) is 10.9. The second kappa shape index (κ2) is 13.1. The number of aromatic nitrogens is 1. The van der Waals surface area contributed by atoms with Crippen LogP contribution in [-0.4, -0.2) is 16.2 Å². The van der Waals surface area contributed by atoms with Crippen LogP contribution in [-0.2, 0) is 0 Å². The molecule has 0 amide bonds. The molecule has 5 nitrogen and oxygen atoms in total. The molecule has 1 N–H and O–H groups in total. The highest BCUT2D eigenvalue weighted by atomic mass is 16.3. The average Bonchev–Trinajstić information content (AvgIpc) is 3.83. The van der Waals surface area contributed by atoms with Crippen LogP contribution < -0.4 is 5.32 Å². The third kappa shape index (κ3) is 5.24. The molecule has 0 bridgehead atoms. The van der Waals surface area contributed by atoms with Gasteiger partial charge >= 0.3 is 0 Å². The number of hydrogen-bond acceptors (Lipinski definition) is 4. The Balaban J connectivity index is 1.10. The van der Waals surface area contributed by atoms with E-state index in [-0.39, 0.29) is 0 Å². The van der Waals surface area contributed by atoms with Crippen molar-refractivity contribution in [2.75, 3.05) is 0 Å². The van der Waals surface area contributed by atoms with Gasteiger partial charge in [-0.3, -0.25) is 0 Å². The zero-order valence-electron chi connectivity index (χ0n) is 30.3. The van der Waals surface area contributed by atoms with Crippen molar-refractivity contribution in [2.45, 2.75) is 6.17 Å². The summed E-state index contributed by atoms with van der Waals surface area (Å²) >= 11 is 0. The summed E-state index contributed by atoms with van der Waals surface area (Å²) in [5.41, 5.74) is 12.5. The minimum atomic E-state index is -0.508. The minimum absolute atomic E-state index is 0.508. The molecule has 3 heterocycles. The fourth-order valence-corrected chi connectivity index (χ4v) is 8.25. The molecular formula is C51H34N4O. The average molecular weight is 719 g/mol. The van der Waals surface area contributed by atoms with Gasteiger partial charge in [0.2, 0.25) is 0 Å². The first kappa shape index (κ1) is 32.0. The summed E-state index contributed by atoms with van der Waals surface area (Å²) in [5.74, 6) is 1.56. The Kier molecular flexibility index (Phi) is 7.49. The van der Waals surface area contributed by atoms with E-state index in [0.717, 1.165) is 94.5 Å². The molecule has 8 aromatic carbocycles. The molecule has 0 spiro atoms. The number of aliphatic imine (C=N–C) groups is 2. The SMILES string of the molecule is c1ccc(C2=NC(c3ccccc3-n3c4ccccc4c4c5oc6c(-c7ccccc7)cccc6c5ccc43)N=C(c3ccc(-c4ccccc4)cc3)N2)cc1. The number of furan rings is 1. The highest BCUT2D eigenvalue weighted by Crippen LogP contribution is 2.43. The monoisotopic (exact) mass is 718 g/mol. The molecule has 0 saturated heterocycles. The highest BCUT2D eigenvalue weighted by Gasteiger charge is 2.26. The van der Waals surface area contributed by atoms with E-state index in [0.29, 0.717) is 0 Å². The Morgan fingerprint density at radius 1 is 0.411 bits per heavy atom. The van der Waals surface area contributed by atoms with Crippen LogP contribution in [0.15, 0.2) is 209 Å². The second-order valence-corrected chi connectivity index (χ2v) is 14.2. The Labute approximate surface area is 323 Å². The van der Waals surface area contributed by atoms with Crippen molar-refractivity contribution in [1.29, 1.82) is 0 Å². The number of rotatable bonds is 6. The van der Waals surface area contributed by atoms with Crippen LogP contribution in [0.1, 0.15) is 22.9 Å². The van der Waals surface area contributed by atoms with Gasteiger partial charge in [-0.1, -0.05) is 170 Å². The molecule has 1 unspecified atom stereocenters. The van der Waals surface area contributed by atoms with Gasteiger partial charge in [0.25, 0.3) is 0 Å². The molecular weight excluding hydrogens is 685 g/mol. The lowest BCUT2D eigenvalue weighted by molar-refractivity contribution is 0.674. The summed E-state index contributed by atoms with van der Waals surface area (Å²) in [6.07, 6.45) is -0.508. The van der Waals surface area contributed by atoms with Gasteiger partial charge in [0, 0.05) is 38.4 Å². The Bertz CT molecular complexity index is 3140. The largest absolute Gasteiger partial charge is 0.455 e. The van der Waals surface area contributed by atoms with Crippen molar-refractivity contribution >= 4 is 55.4 Å². The molecule has 1 aliphatic rings. The normalized spacial score (nSPS) is 14.2. The van der Waals surface area contributed by atoms with E-state index in [1.165, 1.54) is 5.56 Å². The molecule has 2 aromatic heterocycles. The van der Waals surface area contributed by atoms with Crippen molar-refractivity contribution in [3.63, 3.8) is 0 Å². The molecule has 56 heavy (non-hydrogen) atoms. The van der Waals surface area contributed by atoms with E-state index in [1.807, 2.05) is 30.3 Å². The first-order valence-corrected chi connectivity index (χ1v) is 18.9. The minimum Gasteiger partial charge on any atom is -0.455 e. The molecule has 0 radical (unpaired) electrons. The van der Waals surface area contributed by atoms with Gasteiger partial charge in [0.15, 0.2) is 6.17 Å². The lowest BCUT2D eigenvalue weighted by atomic mass is 10.0. The van der Waals surface area contributed by atoms with Gasteiger partial charge in [-0.2, -0.15) is 0 Å². The van der Waals surface area contributed by atoms with Crippen molar-refractivity contribution in [3.8, 4) is 27.9 Å². The molecule has 1 aliphatic heterocycles. The Hall–Kier alpha value is -7.50. The molecule has 10 aromatic rings. The van der Waals surface area contributed by atoms with E-state index in [2.05, 4.69) is 174 Å². The third-order valence-electron chi connectivity index (χ3n) is 10.9. The Morgan fingerprint density at radius 2 is 0.964 bits per heavy atom. The van der Waals surface area contributed by atoms with Crippen LogP contribution in [0.2, 0.25) is 0 Å². The molecule has 11 rings (SSSR count). The lowest BCUT2D eigenvalue weighted by Crippen LogP contribution is -2.36. The molecule has 264 valence electrons. The van der Waals surface area contributed by atoms with E-state index < -0.39 is 6.17 Å². The summed E-state index contributed by atoms with van der Waals surface area (Å²) < 4.78 is 9.31. The van der Waals surface area contributed by atoms with Crippen molar-refractivity contribution in [2.24, 2.45) is 9.98 Å². The van der Waals surface area contributed by atoms with Gasteiger partial charge in [-0.15, -0.1) is 0 Å². The summed E-state index contributed by atoms with van der Waals surface area (Å²) in [6.45, 7) is 0. The smallest absolute Gasteiger partial charge is 0.171 e. The molecule has 0 aliphatic carbocycles. The van der Waals surface area contributed by atoms with Gasteiger partial charge in [-0.05, 0) is 41.0 Å². The number of benzene rings is 8. The number of para-hydroxylation sites is 3. The predicted octanol–water partition coefficient (Wildman–Crippen LogP) is 12.5. The van der Waals surface area contributed by atoms with Crippen LogP contribution >= 0.6 is 0 Å². The summed E-state index contributed by atoms with van der Waals surface area (Å²) in [4.78, 5) is 10.6. The molecule has 0 saturated carbocycles. The number of nitrogens with one attached hydrogen (secondary N) is 1. The summed E-state index contributed by atoms with van der Waals surface area (Å²) in [5, 5.41) is 8.01. The van der Waals surface area contributed by atoms with Crippen LogP contribution in [0, 0.1) is 0 Å². The highest BCUT2D eigenvalue weighted by molar-refractivity contribution is 6.25. The predicted molar refractivity (Wildman–Crippen MR) is 231 cm³/mol. The maximum Gasteiger partial charge on any atom is 0.171 e. The van der Waals surface area contributed by atoms with Crippen molar-refractivity contribution in [3.05, 3.63) is 211 Å². The second-order valence-electron chi connectivity index (χ2n) is 14.2. The Morgan fingerprint density at radius 3 is 1.71 bits per heavy atom. The van der Waals surface area contributed by atoms with Crippen LogP contribution in [0.4, 0.5) is 0 Å². The zero-order valence-corrected chi connectivity index (χ0v) is 30.3. The van der Waals surface area contributed by atoms with Gasteiger partial charge < -0.3 is 14.3 Å². The van der Waals surface area contributed by atoms with Crippen LogP contribution in [0.3, 0.4) is 0 Å². The quantitative estimate of drug-likeness (QED) is 0.186. The first-order chi connectivity index (χ1) is 27.8. The van der Waals surface area contributed by atoms with Crippen molar-refractivity contribution in [1.82, 2.24) is 9.88 Å². The zero-order chi connectivity index (χ0) is 37.0. The van der Waals surface area contributed by atoms with Crippen molar-refractivity contribution < 1.29 is 4.42 Å². The van der Waals surface area contributed by atoms with Gasteiger partial charge in [0.1, 0.15) is 22.8 Å². The maximum absolute atomic E-state index is 6.95. The standard InChI is InChI=1S/C51H34N4O/c1-4-15-33(16-5-1)34-27-29-37(30-28-34)50-52-49(36-19-8-3-9-20-36)53-51(54-50)42-22-11-13-26-44(42)55-43-25-12-10-21-41(43)46-45(55)32-31-40-39-24-14-23-38(47(39)56-48(40)46)35-17-6-2-7-18-35/h1-32,51H,(H,52,53,54). The van der Waals surface area contributed by atoms with E-state index in [4.69, 9.17) is 14.4 Å². The topological polar surface area (TPSA) is 54.8 Å². The number of nitrogens with zero attached hydrogens (tertiary/aromatic N) is 3. The first-order valence-electron chi connectivity index (χ1n) is 18.9. The number of fused-ring (bicyclic) bond motifs is 7. The van der Waals surface area contributed by atoms with Gasteiger partial charge in [-0.25, -0.2) is 9.98 Å². The number of amidine groups is 2. The fraction of sp³-hybridized carbons (Fsp3) is 0.0196. The lowest BCUT2D eigenvalue weighted by Gasteiger charge is -2.24. The maximum atomic E-state index is 6.95. The van der Waals surface area contributed by atoms with Gasteiger partial charge in [0.05, 0.1) is 22.1 Å². The summed E-state index contributed by atoms with van der Waals surface area (Å²) in [6, 6.07) is 67.8. The molecule has 1 atom stereocenters. The van der Waals surface area contributed by atoms with E-state index >= 15 is 0 Å². The van der Waals surface area contributed by atoms with Crippen LogP contribution in [0.5, 0.6) is 0 Å². The fourth-order valence-electron chi connectivity index (χ4n) is 8.25. The van der Waals surface area contributed by atoms with E-state index in [1.54, 1.807) is 0 Å². The summed E-state index contributed by atoms with van der Waals surface area (Å²) in [7, 11) is 0.